The SMILES string of the molecule is C=CCC(O)(F)CC. The predicted octanol–water partition coefficient (Wildman–Crippen LogP) is 1.63. The van der Waals surface area contributed by atoms with Crippen LogP contribution in [0.2, 0.25) is 0 Å². The monoisotopic (exact) mass is 118 g/mol. The highest BCUT2D eigenvalue weighted by Crippen LogP contribution is 2.15. The van der Waals surface area contributed by atoms with Crippen LogP contribution in [0.4, 0.5) is 4.39 Å². The number of rotatable bonds is 3. The quantitative estimate of drug-likeness (QED) is 0.558. The second-order valence-electron chi connectivity index (χ2n) is 1.76. The summed E-state index contributed by atoms with van der Waals surface area (Å²) in [5.74, 6) is -2.03. The van der Waals surface area contributed by atoms with Gasteiger partial charge < -0.3 is 5.11 Å². The normalized spacial score (nSPS) is 17.4. The molecule has 0 aromatic rings. The van der Waals surface area contributed by atoms with E-state index in [-0.39, 0.29) is 12.8 Å². The number of aliphatic hydroxyl groups is 1. The topological polar surface area (TPSA) is 20.2 Å². The smallest absolute Gasteiger partial charge is 0.209 e. The minimum absolute atomic E-state index is 0.0174. The third kappa shape index (κ3) is 2.75. The molecule has 1 unspecified atom stereocenters. The molecule has 0 saturated heterocycles. The standard InChI is InChI=1S/C6H11FO/c1-3-5-6(7,8)4-2/h3,8H,1,4-5H2,2H3. The van der Waals surface area contributed by atoms with E-state index >= 15 is 0 Å². The molecule has 0 rings (SSSR count). The van der Waals surface area contributed by atoms with Gasteiger partial charge in [-0.15, -0.1) is 6.58 Å². The summed E-state index contributed by atoms with van der Waals surface area (Å²) in [5, 5.41) is 8.59. The van der Waals surface area contributed by atoms with Gasteiger partial charge in [0.2, 0.25) is 5.85 Å². The molecular weight excluding hydrogens is 107 g/mol. The first-order valence-electron chi connectivity index (χ1n) is 2.64. The van der Waals surface area contributed by atoms with Gasteiger partial charge in [-0.25, -0.2) is 4.39 Å². The Morgan fingerprint density at radius 2 is 2.38 bits per heavy atom. The summed E-state index contributed by atoms with van der Waals surface area (Å²) < 4.78 is 12.3. The van der Waals surface area contributed by atoms with Gasteiger partial charge in [0, 0.05) is 12.8 Å². The summed E-state index contributed by atoms with van der Waals surface area (Å²) in [6.45, 7) is 4.88. The molecule has 48 valence electrons. The third-order valence-corrected chi connectivity index (χ3v) is 0.999. The van der Waals surface area contributed by atoms with Crippen LogP contribution in [0.25, 0.3) is 0 Å². The maximum absolute atomic E-state index is 12.3. The highest BCUT2D eigenvalue weighted by Gasteiger charge is 2.19. The van der Waals surface area contributed by atoms with Crippen molar-refractivity contribution < 1.29 is 9.50 Å². The van der Waals surface area contributed by atoms with E-state index in [1.54, 1.807) is 6.92 Å². The fourth-order valence-electron chi connectivity index (χ4n) is 0.366. The molecule has 0 aliphatic heterocycles. The minimum Gasteiger partial charge on any atom is -0.361 e. The lowest BCUT2D eigenvalue weighted by Gasteiger charge is -2.12. The van der Waals surface area contributed by atoms with Gasteiger partial charge >= 0.3 is 0 Å². The first-order valence-corrected chi connectivity index (χ1v) is 2.64. The van der Waals surface area contributed by atoms with Gasteiger partial charge in [0.1, 0.15) is 0 Å². The highest BCUT2D eigenvalue weighted by atomic mass is 19.2. The average molecular weight is 118 g/mol. The van der Waals surface area contributed by atoms with E-state index < -0.39 is 5.85 Å². The van der Waals surface area contributed by atoms with E-state index in [0.717, 1.165) is 0 Å². The summed E-state index contributed by atoms with van der Waals surface area (Å²) in [7, 11) is 0. The van der Waals surface area contributed by atoms with Crippen LogP contribution in [-0.4, -0.2) is 11.0 Å². The average Bonchev–Trinajstić information content (AvgIpc) is 1.67. The Hall–Kier alpha value is -0.370. The van der Waals surface area contributed by atoms with Crippen LogP contribution in [0.3, 0.4) is 0 Å². The number of halogens is 1. The fraction of sp³-hybridized carbons (Fsp3) is 0.667. The lowest BCUT2D eigenvalue weighted by molar-refractivity contribution is -0.0870. The Bertz CT molecular complexity index is 78.6. The van der Waals surface area contributed by atoms with Crippen LogP contribution in [-0.2, 0) is 0 Å². The Kier molecular flexibility index (Phi) is 2.69. The van der Waals surface area contributed by atoms with E-state index in [1.807, 2.05) is 0 Å². The maximum Gasteiger partial charge on any atom is 0.209 e. The Labute approximate surface area is 48.8 Å². The van der Waals surface area contributed by atoms with Gasteiger partial charge in [-0.2, -0.15) is 0 Å². The predicted molar refractivity (Wildman–Crippen MR) is 31.2 cm³/mol. The van der Waals surface area contributed by atoms with Crippen molar-refractivity contribution in [3.8, 4) is 0 Å². The fourth-order valence-corrected chi connectivity index (χ4v) is 0.366. The molecule has 0 heterocycles. The van der Waals surface area contributed by atoms with Crippen LogP contribution >= 0.6 is 0 Å². The molecule has 1 nitrogen and oxygen atoms in total. The third-order valence-electron chi connectivity index (χ3n) is 0.999. The number of hydrogen-bond donors (Lipinski definition) is 1. The van der Waals surface area contributed by atoms with Crippen molar-refractivity contribution in [1.82, 2.24) is 0 Å². The Balaban J connectivity index is 3.53. The van der Waals surface area contributed by atoms with Crippen LogP contribution in [0, 0.1) is 0 Å². The van der Waals surface area contributed by atoms with Crippen LogP contribution in [0.1, 0.15) is 19.8 Å². The molecule has 0 radical (unpaired) electrons. The summed E-state index contributed by atoms with van der Waals surface area (Å²) in [6.07, 6.45) is 1.51. The molecule has 0 bridgehead atoms. The molecule has 0 aromatic carbocycles. The summed E-state index contributed by atoms with van der Waals surface area (Å²) >= 11 is 0. The zero-order chi connectivity index (χ0) is 6.62. The molecule has 0 spiro atoms. The van der Waals surface area contributed by atoms with Gasteiger partial charge in [-0.1, -0.05) is 13.0 Å². The largest absolute Gasteiger partial charge is 0.361 e. The van der Waals surface area contributed by atoms with Gasteiger partial charge in [0.15, 0.2) is 0 Å². The van der Waals surface area contributed by atoms with Crippen molar-refractivity contribution in [2.24, 2.45) is 0 Å². The highest BCUT2D eigenvalue weighted by molar-refractivity contribution is 4.76. The van der Waals surface area contributed by atoms with Crippen LogP contribution < -0.4 is 0 Å². The molecule has 1 N–H and O–H groups in total. The summed E-state index contributed by atoms with van der Waals surface area (Å²) in [5.41, 5.74) is 0. The van der Waals surface area contributed by atoms with E-state index in [0.29, 0.717) is 0 Å². The Morgan fingerprint density at radius 1 is 1.88 bits per heavy atom. The van der Waals surface area contributed by atoms with Gasteiger partial charge in [0.05, 0.1) is 0 Å². The van der Waals surface area contributed by atoms with E-state index in [2.05, 4.69) is 6.58 Å². The lowest BCUT2D eigenvalue weighted by atomic mass is 10.2. The van der Waals surface area contributed by atoms with Crippen molar-refractivity contribution in [3.63, 3.8) is 0 Å². The second kappa shape index (κ2) is 2.82. The van der Waals surface area contributed by atoms with Gasteiger partial charge in [-0.3, -0.25) is 0 Å². The molecule has 0 aliphatic rings. The molecule has 0 aliphatic carbocycles. The molecule has 8 heavy (non-hydrogen) atoms. The Morgan fingerprint density at radius 3 is 2.50 bits per heavy atom. The van der Waals surface area contributed by atoms with E-state index in [9.17, 15) is 4.39 Å². The summed E-state index contributed by atoms with van der Waals surface area (Å²) in [6, 6.07) is 0. The van der Waals surface area contributed by atoms with Crippen molar-refractivity contribution in [3.05, 3.63) is 12.7 Å². The molecule has 0 saturated carbocycles. The van der Waals surface area contributed by atoms with Crippen molar-refractivity contribution in [2.75, 3.05) is 0 Å². The molecule has 1 atom stereocenters. The van der Waals surface area contributed by atoms with Crippen molar-refractivity contribution in [2.45, 2.75) is 25.6 Å². The maximum atomic E-state index is 12.3. The molecule has 2 heteroatoms. The van der Waals surface area contributed by atoms with Crippen molar-refractivity contribution >= 4 is 0 Å². The van der Waals surface area contributed by atoms with Crippen LogP contribution in [0.15, 0.2) is 12.7 Å². The molecule has 0 amide bonds. The lowest BCUT2D eigenvalue weighted by Crippen LogP contribution is -2.18. The first kappa shape index (κ1) is 7.63. The van der Waals surface area contributed by atoms with E-state index in [4.69, 9.17) is 5.11 Å². The zero-order valence-corrected chi connectivity index (χ0v) is 5.02. The first-order chi connectivity index (χ1) is 3.62. The van der Waals surface area contributed by atoms with Crippen molar-refractivity contribution in [1.29, 1.82) is 0 Å². The second-order valence-corrected chi connectivity index (χ2v) is 1.76. The molecular formula is C6H11FO. The van der Waals surface area contributed by atoms with Gasteiger partial charge in [0.25, 0.3) is 0 Å². The number of alkyl halides is 1. The molecule has 0 aromatic heterocycles. The van der Waals surface area contributed by atoms with E-state index in [1.165, 1.54) is 6.08 Å². The number of hydrogen-bond acceptors (Lipinski definition) is 1. The molecule has 0 fully saturated rings. The van der Waals surface area contributed by atoms with Crippen LogP contribution in [0.5, 0.6) is 0 Å². The minimum atomic E-state index is -2.03. The summed E-state index contributed by atoms with van der Waals surface area (Å²) in [4.78, 5) is 0. The zero-order valence-electron chi connectivity index (χ0n) is 5.02. The van der Waals surface area contributed by atoms with Gasteiger partial charge in [-0.05, 0) is 0 Å².